The fraction of sp³-hybridized carbons (Fsp3) is 0.455. The summed E-state index contributed by atoms with van der Waals surface area (Å²) in [4.78, 5) is 25.2. The molecule has 0 radical (unpaired) electrons. The van der Waals surface area contributed by atoms with Gasteiger partial charge in [-0.1, -0.05) is 0 Å². The second-order valence-electron chi connectivity index (χ2n) is 4.00. The summed E-state index contributed by atoms with van der Waals surface area (Å²) < 4.78 is 0.912. The van der Waals surface area contributed by atoms with Gasteiger partial charge in [-0.3, -0.25) is 9.59 Å². The molecule has 0 saturated carbocycles. The van der Waals surface area contributed by atoms with Crippen LogP contribution in [0.1, 0.15) is 28.9 Å². The van der Waals surface area contributed by atoms with Crippen molar-refractivity contribution in [2.45, 2.75) is 25.3 Å². The van der Waals surface area contributed by atoms with Crippen LogP contribution in [0.5, 0.6) is 0 Å². The number of carbonyl (C=O) groups is 2. The molecule has 1 atom stereocenters. The average Bonchev–Trinajstić information content (AvgIpc) is 2.85. The van der Waals surface area contributed by atoms with Crippen LogP contribution in [0.4, 0.5) is 0 Å². The van der Waals surface area contributed by atoms with Crippen LogP contribution < -0.4 is 0 Å². The van der Waals surface area contributed by atoms with Gasteiger partial charge in [0.15, 0.2) is 0 Å². The van der Waals surface area contributed by atoms with E-state index in [0.717, 1.165) is 16.6 Å². The van der Waals surface area contributed by atoms with Gasteiger partial charge in [0.05, 0.1) is 15.1 Å². The molecule has 1 fully saturated rings. The molecule has 1 unspecified atom stereocenters. The number of hydrogen-bond donors (Lipinski definition) is 1. The van der Waals surface area contributed by atoms with Crippen LogP contribution in [0, 0.1) is 0 Å². The molecule has 6 heteroatoms. The van der Waals surface area contributed by atoms with E-state index >= 15 is 0 Å². The summed E-state index contributed by atoms with van der Waals surface area (Å²) in [5.74, 6) is -0.897. The van der Waals surface area contributed by atoms with Gasteiger partial charge in [0.25, 0.3) is 5.91 Å². The van der Waals surface area contributed by atoms with Crippen molar-refractivity contribution >= 4 is 39.1 Å². The van der Waals surface area contributed by atoms with Crippen molar-refractivity contribution in [3.8, 4) is 0 Å². The van der Waals surface area contributed by atoms with Crippen LogP contribution in [0.25, 0.3) is 0 Å². The molecule has 1 saturated heterocycles. The van der Waals surface area contributed by atoms with Crippen LogP contribution in [0.2, 0.25) is 0 Å². The lowest BCUT2D eigenvalue weighted by atomic mass is 10.1. The molecule has 1 amide bonds. The van der Waals surface area contributed by atoms with Gasteiger partial charge in [-0.15, -0.1) is 11.3 Å². The highest BCUT2D eigenvalue weighted by Crippen LogP contribution is 2.27. The molecule has 92 valence electrons. The molecule has 0 spiro atoms. The number of thiophene rings is 1. The summed E-state index contributed by atoms with van der Waals surface area (Å²) in [6.45, 7) is 0.659. The number of rotatable bonds is 3. The number of likely N-dealkylation sites (tertiary alicyclic amines) is 1. The Hall–Kier alpha value is -0.880. The molecular weight excluding hydrogens is 306 g/mol. The lowest BCUT2D eigenvalue weighted by Crippen LogP contribution is -2.36. The number of carboxylic acids is 1. The number of halogens is 1. The number of carboxylic acid groups (broad SMARTS) is 1. The second kappa shape index (κ2) is 5.18. The van der Waals surface area contributed by atoms with Crippen LogP contribution in [0.3, 0.4) is 0 Å². The zero-order valence-corrected chi connectivity index (χ0v) is 11.5. The smallest absolute Gasteiger partial charge is 0.305 e. The SMILES string of the molecule is O=C(O)CC1CCCN1C(=O)c1ccc(Br)s1. The van der Waals surface area contributed by atoms with Gasteiger partial charge in [0, 0.05) is 12.6 Å². The maximum atomic E-state index is 12.2. The van der Waals surface area contributed by atoms with E-state index < -0.39 is 5.97 Å². The molecule has 2 rings (SSSR count). The highest BCUT2D eigenvalue weighted by molar-refractivity contribution is 9.11. The maximum absolute atomic E-state index is 12.2. The van der Waals surface area contributed by atoms with Crippen molar-refractivity contribution in [3.63, 3.8) is 0 Å². The molecule has 1 aliphatic rings. The summed E-state index contributed by atoms with van der Waals surface area (Å²) in [5.41, 5.74) is 0. The average molecular weight is 318 g/mol. The Balaban J connectivity index is 2.10. The zero-order valence-electron chi connectivity index (χ0n) is 9.06. The lowest BCUT2D eigenvalue weighted by molar-refractivity contribution is -0.137. The van der Waals surface area contributed by atoms with Gasteiger partial charge in [0.1, 0.15) is 0 Å². The standard InChI is InChI=1S/C11H12BrNO3S/c12-9-4-3-8(17-9)11(16)13-5-1-2-7(13)6-10(14)15/h3-4,7H,1-2,5-6H2,(H,14,15). The first kappa shape index (κ1) is 12.6. The van der Waals surface area contributed by atoms with Crippen molar-refractivity contribution in [2.75, 3.05) is 6.54 Å². The van der Waals surface area contributed by atoms with E-state index in [9.17, 15) is 9.59 Å². The Kier molecular flexibility index (Phi) is 3.83. The number of carbonyl (C=O) groups excluding carboxylic acids is 1. The molecule has 4 nitrogen and oxygen atoms in total. The van der Waals surface area contributed by atoms with Crippen molar-refractivity contribution in [3.05, 3.63) is 20.8 Å². The Morgan fingerprint density at radius 2 is 2.29 bits per heavy atom. The van der Waals surface area contributed by atoms with Crippen molar-refractivity contribution in [2.24, 2.45) is 0 Å². The Morgan fingerprint density at radius 1 is 1.53 bits per heavy atom. The molecule has 0 aliphatic carbocycles. The third-order valence-electron chi connectivity index (χ3n) is 2.83. The highest BCUT2D eigenvalue weighted by atomic mass is 79.9. The summed E-state index contributed by atoms with van der Waals surface area (Å²) in [5, 5.41) is 8.81. The normalized spacial score (nSPS) is 19.6. The first-order valence-corrected chi connectivity index (χ1v) is 6.97. The third-order valence-corrected chi connectivity index (χ3v) is 4.44. The molecule has 1 aromatic rings. The van der Waals surface area contributed by atoms with Gasteiger partial charge in [0.2, 0.25) is 0 Å². The molecule has 1 N–H and O–H groups in total. The molecule has 17 heavy (non-hydrogen) atoms. The van der Waals surface area contributed by atoms with Crippen LogP contribution in [-0.4, -0.2) is 34.5 Å². The van der Waals surface area contributed by atoms with Crippen molar-refractivity contribution < 1.29 is 14.7 Å². The van der Waals surface area contributed by atoms with E-state index in [-0.39, 0.29) is 18.4 Å². The fourth-order valence-corrected chi connectivity index (χ4v) is 3.43. The van der Waals surface area contributed by atoms with E-state index in [0.29, 0.717) is 11.4 Å². The molecule has 0 aromatic carbocycles. The van der Waals surface area contributed by atoms with E-state index in [1.54, 1.807) is 11.0 Å². The summed E-state index contributed by atoms with van der Waals surface area (Å²) >= 11 is 4.70. The molecule has 1 aromatic heterocycles. The number of aliphatic carboxylic acids is 1. The Morgan fingerprint density at radius 3 is 2.88 bits per heavy atom. The van der Waals surface area contributed by atoms with Crippen molar-refractivity contribution in [1.29, 1.82) is 0 Å². The van der Waals surface area contributed by atoms with E-state index in [4.69, 9.17) is 5.11 Å². The summed E-state index contributed by atoms with van der Waals surface area (Å²) in [6, 6.07) is 3.45. The predicted molar refractivity (Wildman–Crippen MR) is 68.3 cm³/mol. The molecule has 0 bridgehead atoms. The van der Waals surface area contributed by atoms with Crippen molar-refractivity contribution in [1.82, 2.24) is 4.90 Å². The van der Waals surface area contributed by atoms with Gasteiger partial charge < -0.3 is 10.0 Å². The minimum atomic E-state index is -0.845. The topological polar surface area (TPSA) is 57.6 Å². The largest absolute Gasteiger partial charge is 0.481 e. The minimum absolute atomic E-state index is 0.0400. The van der Waals surface area contributed by atoms with E-state index in [2.05, 4.69) is 15.9 Å². The highest BCUT2D eigenvalue weighted by Gasteiger charge is 2.31. The number of hydrogen-bond acceptors (Lipinski definition) is 3. The zero-order chi connectivity index (χ0) is 12.4. The Labute approximate surface area is 111 Å². The first-order chi connectivity index (χ1) is 8.08. The van der Waals surface area contributed by atoms with Gasteiger partial charge in [-0.2, -0.15) is 0 Å². The maximum Gasteiger partial charge on any atom is 0.305 e. The minimum Gasteiger partial charge on any atom is -0.481 e. The molecule has 2 heterocycles. The predicted octanol–water partition coefficient (Wildman–Crippen LogP) is 2.59. The second-order valence-corrected chi connectivity index (χ2v) is 6.46. The summed E-state index contributed by atoms with van der Waals surface area (Å²) in [7, 11) is 0. The Bertz CT molecular complexity index is 446. The van der Waals surface area contributed by atoms with E-state index in [1.807, 2.05) is 6.07 Å². The number of nitrogens with zero attached hydrogens (tertiary/aromatic N) is 1. The molecular formula is C11H12BrNO3S. The third kappa shape index (κ3) is 2.87. The fourth-order valence-electron chi connectivity index (χ4n) is 2.09. The van der Waals surface area contributed by atoms with Crippen LogP contribution in [-0.2, 0) is 4.79 Å². The lowest BCUT2D eigenvalue weighted by Gasteiger charge is -2.22. The molecule has 1 aliphatic heterocycles. The number of amides is 1. The van der Waals surface area contributed by atoms with Crippen LogP contribution in [0.15, 0.2) is 15.9 Å². The summed E-state index contributed by atoms with van der Waals surface area (Å²) in [6.07, 6.45) is 1.71. The van der Waals surface area contributed by atoms with Gasteiger partial charge in [-0.05, 0) is 40.9 Å². The van der Waals surface area contributed by atoms with Crippen LogP contribution >= 0.6 is 27.3 Å². The van der Waals surface area contributed by atoms with Gasteiger partial charge >= 0.3 is 5.97 Å². The monoisotopic (exact) mass is 317 g/mol. The first-order valence-electron chi connectivity index (χ1n) is 5.36. The quantitative estimate of drug-likeness (QED) is 0.932. The van der Waals surface area contributed by atoms with Gasteiger partial charge in [-0.25, -0.2) is 0 Å². The van der Waals surface area contributed by atoms with E-state index in [1.165, 1.54) is 11.3 Å².